The van der Waals surface area contributed by atoms with Gasteiger partial charge in [-0.25, -0.2) is 4.79 Å². The number of aromatic amines is 1. The van der Waals surface area contributed by atoms with Crippen LogP contribution in [0.3, 0.4) is 0 Å². The molecule has 2 aromatic carbocycles. The topological polar surface area (TPSA) is 53.1 Å². The number of hydrogen-bond acceptors (Lipinski definition) is 2. The van der Waals surface area contributed by atoms with Crippen LogP contribution in [0.2, 0.25) is 5.02 Å². The summed E-state index contributed by atoms with van der Waals surface area (Å²) in [7, 11) is 0. The van der Waals surface area contributed by atoms with Crippen molar-refractivity contribution < 1.29 is 9.90 Å². The van der Waals surface area contributed by atoms with Gasteiger partial charge in [0.25, 0.3) is 0 Å². The van der Waals surface area contributed by atoms with Crippen molar-refractivity contribution >= 4 is 57.0 Å². The second-order valence-electron chi connectivity index (χ2n) is 7.31. The maximum Gasteiger partial charge on any atom is 0.328 e. The molecule has 0 bridgehead atoms. The first kappa shape index (κ1) is 21.2. The van der Waals surface area contributed by atoms with Crippen LogP contribution in [-0.4, -0.2) is 16.1 Å². The Morgan fingerprint density at radius 3 is 2.48 bits per heavy atom. The third-order valence-corrected chi connectivity index (χ3v) is 6.50. The summed E-state index contributed by atoms with van der Waals surface area (Å²) in [6.07, 6.45) is 3.58. The van der Waals surface area contributed by atoms with E-state index >= 15 is 0 Å². The summed E-state index contributed by atoms with van der Waals surface area (Å²) in [5.74, 6) is -0.962. The Kier molecular flexibility index (Phi) is 6.12. The summed E-state index contributed by atoms with van der Waals surface area (Å²) in [4.78, 5) is 15.6. The Morgan fingerprint density at radius 2 is 1.87 bits per heavy atom. The van der Waals surface area contributed by atoms with Crippen LogP contribution in [0.15, 0.2) is 66.1 Å². The van der Waals surface area contributed by atoms with E-state index in [0.717, 1.165) is 45.8 Å². The molecule has 0 fully saturated rings. The zero-order valence-electron chi connectivity index (χ0n) is 17.3. The summed E-state index contributed by atoms with van der Waals surface area (Å²) >= 11 is 8.61. The molecule has 0 aliphatic rings. The van der Waals surface area contributed by atoms with Crippen molar-refractivity contribution in [2.24, 2.45) is 0 Å². The van der Waals surface area contributed by atoms with E-state index < -0.39 is 5.97 Å². The maximum atomic E-state index is 10.8. The van der Waals surface area contributed by atoms with Crippen LogP contribution in [0.4, 0.5) is 0 Å². The second-order valence-corrected chi connectivity index (χ2v) is 8.80. The number of carboxylic acids is 1. The highest BCUT2D eigenvalue weighted by molar-refractivity contribution is 7.10. The highest BCUT2D eigenvalue weighted by atomic mass is 35.5. The molecule has 0 saturated heterocycles. The van der Waals surface area contributed by atoms with Gasteiger partial charge in [-0.05, 0) is 59.2 Å². The first-order chi connectivity index (χ1) is 15.0. The fraction of sp³-hybridized carbons (Fsp3) is 0.115. The summed E-state index contributed by atoms with van der Waals surface area (Å²) in [5, 5.41) is 12.8. The molecule has 0 unspecified atom stereocenters. The summed E-state index contributed by atoms with van der Waals surface area (Å²) in [6, 6.07) is 18.1. The fourth-order valence-corrected chi connectivity index (χ4v) is 4.83. The van der Waals surface area contributed by atoms with E-state index in [2.05, 4.69) is 30.3 Å². The molecule has 0 spiro atoms. The lowest BCUT2D eigenvalue weighted by atomic mass is 9.91. The predicted molar refractivity (Wildman–Crippen MR) is 132 cm³/mol. The van der Waals surface area contributed by atoms with Crippen molar-refractivity contribution in [2.75, 3.05) is 0 Å². The average molecular weight is 448 g/mol. The first-order valence-corrected chi connectivity index (χ1v) is 11.3. The first-order valence-electron chi connectivity index (χ1n) is 10.0. The second kappa shape index (κ2) is 8.96. The molecule has 0 atom stereocenters. The van der Waals surface area contributed by atoms with Gasteiger partial charge in [0.1, 0.15) is 0 Å². The lowest BCUT2D eigenvalue weighted by molar-refractivity contribution is -0.131. The monoisotopic (exact) mass is 447 g/mol. The molecule has 0 aliphatic heterocycles. The molecule has 2 N–H and O–H groups in total. The van der Waals surface area contributed by atoms with Crippen molar-refractivity contribution in [1.82, 2.24) is 4.98 Å². The Balaban J connectivity index is 1.94. The Hall–Kier alpha value is -3.08. The molecular formula is C26H22ClNO2S. The number of nitrogens with one attached hydrogen (secondary N) is 1. The lowest BCUT2D eigenvalue weighted by Crippen LogP contribution is -1.95. The molecule has 0 aliphatic carbocycles. The molecule has 0 saturated carbocycles. The van der Waals surface area contributed by atoms with Crippen molar-refractivity contribution in [3.63, 3.8) is 0 Å². The number of allylic oxidation sites excluding steroid dienone is 1. The van der Waals surface area contributed by atoms with Crippen LogP contribution in [0.5, 0.6) is 0 Å². The number of rotatable bonds is 6. The largest absolute Gasteiger partial charge is 0.478 e. The Bertz CT molecular complexity index is 1310. The number of aliphatic carboxylic acids is 1. The molecule has 31 heavy (non-hydrogen) atoms. The van der Waals surface area contributed by atoms with Gasteiger partial charge >= 0.3 is 5.97 Å². The van der Waals surface area contributed by atoms with E-state index in [1.165, 1.54) is 16.0 Å². The van der Waals surface area contributed by atoms with Crippen LogP contribution in [0.1, 0.15) is 40.6 Å². The zero-order valence-corrected chi connectivity index (χ0v) is 18.8. The van der Waals surface area contributed by atoms with E-state index in [1.807, 2.05) is 48.5 Å². The van der Waals surface area contributed by atoms with Crippen molar-refractivity contribution in [1.29, 1.82) is 0 Å². The average Bonchev–Trinajstić information content (AvgIpc) is 3.34. The van der Waals surface area contributed by atoms with E-state index in [-0.39, 0.29) is 0 Å². The minimum atomic E-state index is -0.962. The van der Waals surface area contributed by atoms with Crippen LogP contribution in [-0.2, 0) is 4.79 Å². The van der Waals surface area contributed by atoms with Crippen molar-refractivity contribution in [3.05, 3.63) is 98.3 Å². The molecule has 4 aromatic rings. The quantitative estimate of drug-likeness (QED) is 0.298. The Labute approximate surface area is 190 Å². The standard InChI is InChI=1S/C26H22ClNO2S/c1-3-20(19-14-16(2)31-15-19)24(18-11-8-17(9-12-18)10-13-23(29)30)26-25(27)21-6-4-5-7-22(21)28-26/h4-15,28H,3H2,1-2H3,(H,29,30)/b13-10+,24-20+. The van der Waals surface area contributed by atoms with Gasteiger partial charge in [-0.15, -0.1) is 11.3 Å². The SMILES string of the molecule is CC/C(=C(/c1ccc(/C=C/C(=O)O)cc1)c1[nH]c2ccccc2c1Cl)c1csc(C)c1. The van der Waals surface area contributed by atoms with E-state index in [9.17, 15) is 4.79 Å². The molecular weight excluding hydrogens is 426 g/mol. The molecule has 5 heteroatoms. The van der Waals surface area contributed by atoms with E-state index in [1.54, 1.807) is 17.4 Å². The van der Waals surface area contributed by atoms with Crippen molar-refractivity contribution in [2.45, 2.75) is 20.3 Å². The third kappa shape index (κ3) is 4.36. The van der Waals surface area contributed by atoms with Gasteiger partial charge in [0, 0.05) is 27.4 Å². The Morgan fingerprint density at radius 1 is 1.13 bits per heavy atom. The molecule has 2 aromatic heterocycles. The van der Waals surface area contributed by atoms with Gasteiger partial charge in [-0.3, -0.25) is 0 Å². The van der Waals surface area contributed by atoms with E-state index in [0.29, 0.717) is 5.02 Å². The van der Waals surface area contributed by atoms with Crippen LogP contribution in [0, 0.1) is 6.92 Å². The summed E-state index contributed by atoms with van der Waals surface area (Å²) in [5.41, 5.74) is 7.24. The minimum Gasteiger partial charge on any atom is -0.478 e. The van der Waals surface area contributed by atoms with Crippen LogP contribution < -0.4 is 0 Å². The fourth-order valence-electron chi connectivity index (χ4n) is 3.80. The maximum absolute atomic E-state index is 10.8. The lowest BCUT2D eigenvalue weighted by Gasteiger charge is -2.15. The number of aryl methyl sites for hydroxylation is 1. The van der Waals surface area contributed by atoms with Gasteiger partial charge in [-0.2, -0.15) is 0 Å². The molecule has 4 rings (SSSR count). The van der Waals surface area contributed by atoms with Crippen LogP contribution in [0.25, 0.3) is 28.1 Å². The zero-order chi connectivity index (χ0) is 22.0. The van der Waals surface area contributed by atoms with Gasteiger partial charge in [0.2, 0.25) is 0 Å². The van der Waals surface area contributed by atoms with Crippen LogP contribution >= 0.6 is 22.9 Å². The number of benzene rings is 2. The molecule has 3 nitrogen and oxygen atoms in total. The molecule has 156 valence electrons. The van der Waals surface area contributed by atoms with Gasteiger partial charge in [0.15, 0.2) is 0 Å². The van der Waals surface area contributed by atoms with Gasteiger partial charge < -0.3 is 10.1 Å². The number of para-hydroxylation sites is 1. The summed E-state index contributed by atoms with van der Waals surface area (Å²) < 4.78 is 0. The molecule has 0 radical (unpaired) electrons. The number of halogens is 1. The van der Waals surface area contributed by atoms with Crippen molar-refractivity contribution in [3.8, 4) is 0 Å². The summed E-state index contributed by atoms with van der Waals surface area (Å²) in [6.45, 7) is 4.27. The number of carbonyl (C=O) groups is 1. The number of H-pyrrole nitrogens is 1. The van der Waals surface area contributed by atoms with E-state index in [4.69, 9.17) is 16.7 Å². The number of aromatic nitrogens is 1. The smallest absolute Gasteiger partial charge is 0.328 e. The number of thiophene rings is 1. The predicted octanol–water partition coefficient (Wildman–Crippen LogP) is 7.66. The number of hydrogen-bond donors (Lipinski definition) is 2. The minimum absolute atomic E-state index is 0.707. The number of fused-ring (bicyclic) bond motifs is 1. The van der Waals surface area contributed by atoms with Gasteiger partial charge in [-0.1, -0.05) is 61.0 Å². The molecule has 0 amide bonds. The molecule has 2 heterocycles. The normalized spacial score (nSPS) is 12.5. The third-order valence-electron chi connectivity index (χ3n) is 5.24. The highest BCUT2D eigenvalue weighted by Gasteiger charge is 2.19. The highest BCUT2D eigenvalue weighted by Crippen LogP contribution is 2.40. The van der Waals surface area contributed by atoms with Gasteiger partial charge in [0.05, 0.1) is 10.7 Å². The number of carboxylic acid groups (broad SMARTS) is 1.